The maximum Gasteiger partial charge on any atom is 0.346 e. The van der Waals surface area contributed by atoms with Gasteiger partial charge in [-0.2, -0.15) is 4.68 Å². The molecule has 0 radical (unpaired) electrons. The maximum atomic E-state index is 12.3. The monoisotopic (exact) mass is 320 g/mol. The smallest absolute Gasteiger partial charge is 0.323 e. The van der Waals surface area contributed by atoms with Gasteiger partial charge in [-0.1, -0.05) is 30.3 Å². The second-order valence-electron chi connectivity index (χ2n) is 5.19. The van der Waals surface area contributed by atoms with Crippen LogP contribution in [0.25, 0.3) is 0 Å². The fraction of sp³-hybridized carbons (Fsp3) is 0.357. The molecule has 22 heavy (non-hydrogen) atoms. The molecule has 1 amide bonds. The van der Waals surface area contributed by atoms with Crippen molar-refractivity contribution in [3.05, 3.63) is 42.2 Å². The van der Waals surface area contributed by atoms with Gasteiger partial charge in [-0.3, -0.25) is 0 Å². The average molecular weight is 320 g/mol. The Morgan fingerprint density at radius 2 is 1.82 bits per heavy atom. The Bertz CT molecular complexity index is 764. The van der Waals surface area contributed by atoms with Crippen LogP contribution in [-0.2, 0) is 15.6 Å². The number of carbonyl (C=O) groups excluding carboxylic acids is 1. The Morgan fingerprint density at radius 1 is 1.14 bits per heavy atom. The first-order valence-corrected chi connectivity index (χ1v) is 8.69. The zero-order valence-corrected chi connectivity index (χ0v) is 12.7. The van der Waals surface area contributed by atoms with E-state index in [-0.39, 0.29) is 16.9 Å². The van der Waals surface area contributed by atoms with Crippen LogP contribution < -0.4 is 0 Å². The average Bonchev–Trinajstić information content (AvgIpc) is 3.19. The summed E-state index contributed by atoms with van der Waals surface area (Å²) < 4.78 is 25.6. The van der Waals surface area contributed by atoms with Crippen molar-refractivity contribution in [2.24, 2.45) is 0 Å². The summed E-state index contributed by atoms with van der Waals surface area (Å²) >= 11 is 0. The standard InChI is InChI=1S/C14H16N4O3S/c19-14(17-8-4-5-9-17)18-11-15-13(16-18)22(20,21)10-12-6-2-1-3-7-12/h1-3,6-7,11H,4-5,8-10H2. The molecule has 1 aliphatic rings. The van der Waals surface area contributed by atoms with Crippen LogP contribution >= 0.6 is 0 Å². The van der Waals surface area contributed by atoms with Crippen molar-refractivity contribution in [2.75, 3.05) is 13.1 Å². The fourth-order valence-electron chi connectivity index (χ4n) is 2.39. The van der Waals surface area contributed by atoms with Crippen molar-refractivity contribution in [1.29, 1.82) is 0 Å². The maximum absolute atomic E-state index is 12.3. The summed E-state index contributed by atoms with van der Waals surface area (Å²) in [5.41, 5.74) is 0.657. The summed E-state index contributed by atoms with van der Waals surface area (Å²) in [4.78, 5) is 17.6. The third-order valence-electron chi connectivity index (χ3n) is 3.52. The van der Waals surface area contributed by atoms with Crippen LogP contribution in [0.5, 0.6) is 0 Å². The zero-order chi connectivity index (χ0) is 15.6. The van der Waals surface area contributed by atoms with Gasteiger partial charge >= 0.3 is 6.03 Å². The predicted molar refractivity (Wildman–Crippen MR) is 79.0 cm³/mol. The Kier molecular flexibility index (Phi) is 3.93. The molecular formula is C14H16N4O3S. The molecule has 1 aliphatic heterocycles. The molecule has 0 bridgehead atoms. The summed E-state index contributed by atoms with van der Waals surface area (Å²) in [7, 11) is -3.66. The summed E-state index contributed by atoms with van der Waals surface area (Å²) in [6.45, 7) is 1.34. The largest absolute Gasteiger partial charge is 0.346 e. The number of hydrogen-bond donors (Lipinski definition) is 0. The minimum absolute atomic E-state index is 0.185. The molecule has 1 fully saturated rings. The third-order valence-corrected chi connectivity index (χ3v) is 4.98. The van der Waals surface area contributed by atoms with Gasteiger partial charge in [0, 0.05) is 13.1 Å². The lowest BCUT2D eigenvalue weighted by Gasteiger charge is -2.13. The molecule has 8 heteroatoms. The highest BCUT2D eigenvalue weighted by molar-refractivity contribution is 7.90. The van der Waals surface area contributed by atoms with Gasteiger partial charge in [-0.05, 0) is 18.4 Å². The number of amides is 1. The van der Waals surface area contributed by atoms with Gasteiger partial charge in [-0.25, -0.2) is 18.2 Å². The van der Waals surface area contributed by atoms with Crippen LogP contribution in [-0.4, -0.2) is 47.2 Å². The van der Waals surface area contributed by atoms with Crippen LogP contribution in [0.1, 0.15) is 18.4 Å². The van der Waals surface area contributed by atoms with E-state index in [2.05, 4.69) is 10.1 Å². The fourth-order valence-corrected chi connectivity index (χ4v) is 3.57. The minimum Gasteiger partial charge on any atom is -0.323 e. The number of benzene rings is 1. The molecule has 1 saturated heterocycles. The summed E-state index contributed by atoms with van der Waals surface area (Å²) in [5.74, 6) is -0.185. The first-order valence-electron chi connectivity index (χ1n) is 7.04. The van der Waals surface area contributed by atoms with Crippen LogP contribution in [0.4, 0.5) is 4.79 Å². The number of aromatic nitrogens is 3. The van der Waals surface area contributed by atoms with Gasteiger partial charge in [0.25, 0.3) is 5.16 Å². The van der Waals surface area contributed by atoms with Crippen molar-refractivity contribution in [2.45, 2.75) is 23.8 Å². The van der Waals surface area contributed by atoms with E-state index in [9.17, 15) is 13.2 Å². The normalized spacial score (nSPS) is 15.2. The third kappa shape index (κ3) is 3.01. The van der Waals surface area contributed by atoms with Gasteiger partial charge < -0.3 is 4.90 Å². The van der Waals surface area contributed by atoms with E-state index in [0.717, 1.165) is 17.5 Å². The van der Waals surface area contributed by atoms with Gasteiger partial charge in [-0.15, -0.1) is 5.10 Å². The topological polar surface area (TPSA) is 85.2 Å². The molecule has 0 atom stereocenters. The highest BCUT2D eigenvalue weighted by atomic mass is 32.2. The van der Waals surface area contributed by atoms with E-state index in [1.807, 2.05) is 6.07 Å². The zero-order valence-electron chi connectivity index (χ0n) is 11.9. The first kappa shape index (κ1) is 14.7. The second kappa shape index (κ2) is 5.88. The molecule has 1 aromatic carbocycles. The van der Waals surface area contributed by atoms with Crippen LogP contribution in [0.15, 0.2) is 41.8 Å². The van der Waals surface area contributed by atoms with E-state index in [1.165, 1.54) is 6.33 Å². The Hall–Kier alpha value is -2.22. The number of nitrogens with zero attached hydrogens (tertiary/aromatic N) is 4. The van der Waals surface area contributed by atoms with Gasteiger partial charge in [0.05, 0.1) is 5.75 Å². The molecule has 2 heterocycles. The molecule has 0 aliphatic carbocycles. The lowest BCUT2D eigenvalue weighted by molar-refractivity contribution is 0.207. The van der Waals surface area contributed by atoms with Crippen molar-refractivity contribution in [1.82, 2.24) is 19.7 Å². The molecule has 2 aromatic rings. The molecule has 0 unspecified atom stereocenters. The van der Waals surface area contributed by atoms with Crippen molar-refractivity contribution < 1.29 is 13.2 Å². The summed E-state index contributed by atoms with van der Waals surface area (Å²) in [6.07, 6.45) is 3.08. The van der Waals surface area contributed by atoms with Gasteiger partial charge in [0.15, 0.2) is 0 Å². The van der Waals surface area contributed by atoms with Crippen LogP contribution in [0, 0.1) is 0 Å². The summed E-state index contributed by atoms with van der Waals surface area (Å²) in [6, 6.07) is 8.49. The molecule has 7 nitrogen and oxygen atoms in total. The lowest BCUT2D eigenvalue weighted by atomic mass is 10.2. The first-order chi connectivity index (χ1) is 10.6. The van der Waals surface area contributed by atoms with E-state index in [0.29, 0.717) is 18.7 Å². The molecule has 116 valence electrons. The number of hydrogen-bond acceptors (Lipinski definition) is 5. The SMILES string of the molecule is O=C(N1CCCC1)n1cnc(S(=O)(=O)Cc2ccccc2)n1. The lowest BCUT2D eigenvalue weighted by Crippen LogP contribution is -2.32. The van der Waals surface area contributed by atoms with Crippen molar-refractivity contribution in [3.63, 3.8) is 0 Å². The Morgan fingerprint density at radius 3 is 2.50 bits per heavy atom. The van der Waals surface area contributed by atoms with E-state index in [4.69, 9.17) is 0 Å². The van der Waals surface area contributed by atoms with Crippen molar-refractivity contribution >= 4 is 15.9 Å². The quantitative estimate of drug-likeness (QED) is 0.851. The second-order valence-corrected chi connectivity index (χ2v) is 7.08. The molecule has 0 N–H and O–H groups in total. The highest BCUT2D eigenvalue weighted by Crippen LogP contribution is 2.13. The Balaban J connectivity index is 1.79. The van der Waals surface area contributed by atoms with Crippen LogP contribution in [0.2, 0.25) is 0 Å². The number of carbonyl (C=O) groups is 1. The number of rotatable bonds is 3. The Labute approximate surface area is 128 Å². The molecule has 3 rings (SSSR count). The van der Waals surface area contributed by atoms with E-state index in [1.54, 1.807) is 29.2 Å². The molecule has 1 aromatic heterocycles. The highest BCUT2D eigenvalue weighted by Gasteiger charge is 2.25. The minimum atomic E-state index is -3.66. The summed E-state index contributed by atoms with van der Waals surface area (Å²) in [5, 5.41) is 3.53. The van der Waals surface area contributed by atoms with Crippen molar-refractivity contribution in [3.8, 4) is 0 Å². The van der Waals surface area contributed by atoms with E-state index >= 15 is 0 Å². The van der Waals surface area contributed by atoms with Gasteiger partial charge in [0.2, 0.25) is 9.84 Å². The number of sulfone groups is 1. The number of likely N-dealkylation sites (tertiary alicyclic amines) is 1. The van der Waals surface area contributed by atoms with Crippen LogP contribution in [0.3, 0.4) is 0 Å². The molecular weight excluding hydrogens is 304 g/mol. The molecule has 0 saturated carbocycles. The van der Waals surface area contributed by atoms with Gasteiger partial charge in [0.1, 0.15) is 6.33 Å². The molecule has 0 spiro atoms. The predicted octanol–water partition coefficient (Wildman–Crippen LogP) is 1.32. The van der Waals surface area contributed by atoms with E-state index < -0.39 is 9.84 Å².